The lowest BCUT2D eigenvalue weighted by Crippen LogP contribution is -2.63. The van der Waals surface area contributed by atoms with Crippen molar-refractivity contribution in [2.45, 2.75) is 116 Å². The number of aromatic nitrogens is 1. The molecule has 8 nitrogen and oxygen atoms in total. The molecule has 53 heavy (non-hydrogen) atoms. The zero-order valence-corrected chi connectivity index (χ0v) is 33.5. The lowest BCUT2D eigenvalue weighted by Gasteiger charge is -2.67. The highest BCUT2D eigenvalue weighted by atomic mass is 32.2. The summed E-state index contributed by atoms with van der Waals surface area (Å²) >= 11 is 0. The second-order valence-electron chi connectivity index (χ2n) is 19.1. The number of hydrogen-bond donors (Lipinski definition) is 2. The average Bonchev–Trinajstić information content (AvgIpc) is 3.58. The fourth-order valence-corrected chi connectivity index (χ4v) is 15.4. The van der Waals surface area contributed by atoms with E-state index < -0.39 is 21.2 Å². The maximum Gasteiger partial charge on any atom is 0.310 e. The molecule has 5 fully saturated rings. The van der Waals surface area contributed by atoms with Crippen LogP contribution in [0.15, 0.2) is 47.7 Å². The minimum Gasteiger partial charge on any atom is -0.481 e. The van der Waals surface area contributed by atoms with E-state index >= 15 is 0 Å². The Morgan fingerprint density at radius 1 is 0.962 bits per heavy atom. The maximum atomic E-state index is 12.6. The normalized spacial score (nSPS) is 42.2. The Labute approximate surface area is 318 Å². The summed E-state index contributed by atoms with van der Waals surface area (Å²) in [5.74, 6) is 4.83. The van der Waals surface area contributed by atoms with Gasteiger partial charge < -0.3 is 20.1 Å². The zero-order valence-electron chi connectivity index (χ0n) is 32.7. The minimum absolute atomic E-state index is 0.280. The molecule has 1 saturated heterocycles. The SMILES string of the molecule is CC1C(C2=CCC(CCOc3ccccn3)(C(=O)O)CC2)=CCC2(C)C1CCC1(C)C3CCC4(NCCN5CCS(=O)(=O)CC5)CCC[C@@H]4C3CCC21. The molecule has 2 heterocycles. The molecule has 9 unspecified atom stereocenters. The number of nitrogens with zero attached hydrogens (tertiary/aromatic N) is 2. The first-order valence-corrected chi connectivity index (χ1v) is 23.0. The number of pyridine rings is 1. The Balaban J connectivity index is 0.923. The number of hydrogen-bond acceptors (Lipinski definition) is 7. The van der Waals surface area contributed by atoms with Crippen LogP contribution in [0.25, 0.3) is 0 Å². The van der Waals surface area contributed by atoms with Crippen molar-refractivity contribution in [3.05, 3.63) is 47.7 Å². The average molecular weight is 748 g/mol. The third kappa shape index (κ3) is 6.74. The van der Waals surface area contributed by atoms with Crippen LogP contribution in [0.2, 0.25) is 0 Å². The van der Waals surface area contributed by atoms with Crippen LogP contribution in [0.5, 0.6) is 5.88 Å². The quantitative estimate of drug-likeness (QED) is 0.251. The van der Waals surface area contributed by atoms with Gasteiger partial charge in [0.1, 0.15) is 0 Å². The van der Waals surface area contributed by atoms with E-state index in [4.69, 9.17) is 4.74 Å². The van der Waals surface area contributed by atoms with Crippen LogP contribution >= 0.6 is 0 Å². The van der Waals surface area contributed by atoms with Crippen LogP contribution in [0.1, 0.15) is 111 Å². The predicted molar refractivity (Wildman–Crippen MR) is 209 cm³/mol. The first-order chi connectivity index (χ1) is 25.4. The third-order valence-electron chi connectivity index (χ3n) is 17.0. The lowest BCUT2D eigenvalue weighted by atomic mass is 9.38. The summed E-state index contributed by atoms with van der Waals surface area (Å²) in [7, 11) is -2.84. The molecule has 1 aromatic heterocycles. The van der Waals surface area contributed by atoms with E-state index in [9.17, 15) is 18.3 Å². The fraction of sp³-hybridized carbons (Fsp3) is 0.773. The van der Waals surface area contributed by atoms with Crippen LogP contribution in [0.4, 0.5) is 0 Å². The standard InChI is InChI=1S/C44H65N3O5S/c1-31-33(32-11-19-43(20-12-32,40(48)49)22-28-52-39-8-4-5-23-45-39)13-17-41(2)35(31)14-18-42(3)36-15-21-44(16-6-7-37(44)34(36)9-10-38(41)42)46-24-25-47-26-29-53(50,51)30-27-47/h4-5,8,11,13,23,31,34-38,46H,6-7,9-10,12,14-22,24-30H2,1-3H3,(H,48,49)/t31?,34?,35?,36?,37-,38?,41?,42?,43?,44?/m1/s1. The van der Waals surface area contributed by atoms with Gasteiger partial charge in [0.15, 0.2) is 9.84 Å². The van der Waals surface area contributed by atoms with Crippen molar-refractivity contribution in [3.8, 4) is 5.88 Å². The molecular formula is C44H65N3O5S. The van der Waals surface area contributed by atoms with Gasteiger partial charge in [-0.1, -0.05) is 45.4 Å². The Hall–Kier alpha value is -2.23. The van der Waals surface area contributed by atoms with E-state index in [-0.39, 0.29) is 5.54 Å². The smallest absolute Gasteiger partial charge is 0.310 e. The van der Waals surface area contributed by atoms with Crippen molar-refractivity contribution in [2.75, 3.05) is 44.3 Å². The van der Waals surface area contributed by atoms with Gasteiger partial charge in [-0.05, 0) is 147 Å². The van der Waals surface area contributed by atoms with Crippen molar-refractivity contribution in [3.63, 3.8) is 0 Å². The summed E-state index contributed by atoms with van der Waals surface area (Å²) in [6.07, 6.45) is 22.4. The summed E-state index contributed by atoms with van der Waals surface area (Å²) in [6, 6.07) is 5.57. The molecule has 0 radical (unpaired) electrons. The Kier molecular flexibility index (Phi) is 10.2. The van der Waals surface area contributed by atoms with Crippen LogP contribution < -0.4 is 10.1 Å². The predicted octanol–water partition coefficient (Wildman–Crippen LogP) is 7.72. The van der Waals surface area contributed by atoms with Gasteiger partial charge in [0, 0.05) is 44.0 Å². The number of aliphatic carboxylic acids is 1. The molecule has 1 aliphatic heterocycles. The van der Waals surface area contributed by atoms with Crippen molar-refractivity contribution >= 4 is 15.8 Å². The van der Waals surface area contributed by atoms with Crippen LogP contribution in [-0.4, -0.2) is 79.2 Å². The van der Waals surface area contributed by atoms with E-state index in [1.165, 1.54) is 68.9 Å². The number of rotatable bonds is 10. The van der Waals surface area contributed by atoms with Gasteiger partial charge >= 0.3 is 5.97 Å². The van der Waals surface area contributed by atoms with Crippen molar-refractivity contribution in [1.82, 2.24) is 15.2 Å². The summed E-state index contributed by atoms with van der Waals surface area (Å²) in [6.45, 7) is 11.5. The summed E-state index contributed by atoms with van der Waals surface area (Å²) in [5, 5.41) is 14.5. The number of fused-ring (bicyclic) bond motifs is 7. The number of carboxylic acid groups (broad SMARTS) is 1. The molecule has 7 aliphatic rings. The van der Waals surface area contributed by atoms with Crippen LogP contribution in [0.3, 0.4) is 0 Å². The summed E-state index contributed by atoms with van der Waals surface area (Å²) in [4.78, 5) is 19.2. The minimum atomic E-state index is -2.84. The molecule has 0 amide bonds. The monoisotopic (exact) mass is 747 g/mol. The lowest BCUT2D eigenvalue weighted by molar-refractivity contribution is -0.166. The van der Waals surface area contributed by atoms with E-state index in [1.54, 1.807) is 6.20 Å². The Morgan fingerprint density at radius 2 is 1.77 bits per heavy atom. The molecule has 9 heteroatoms. The van der Waals surface area contributed by atoms with Crippen molar-refractivity contribution in [1.29, 1.82) is 0 Å². The number of sulfone groups is 1. The highest BCUT2D eigenvalue weighted by Gasteiger charge is 2.64. The van der Waals surface area contributed by atoms with Gasteiger partial charge in [-0.15, -0.1) is 0 Å². The second-order valence-corrected chi connectivity index (χ2v) is 21.4. The molecule has 8 rings (SSSR count). The molecule has 1 aromatic rings. The van der Waals surface area contributed by atoms with E-state index in [1.807, 2.05) is 18.2 Å². The van der Waals surface area contributed by atoms with Gasteiger partial charge in [-0.3, -0.25) is 4.79 Å². The van der Waals surface area contributed by atoms with Crippen LogP contribution in [-0.2, 0) is 14.6 Å². The number of carboxylic acids is 1. The molecule has 292 valence electrons. The maximum absolute atomic E-state index is 12.6. The molecular weight excluding hydrogens is 683 g/mol. The summed E-state index contributed by atoms with van der Waals surface area (Å²) < 4.78 is 29.7. The van der Waals surface area contributed by atoms with Crippen LogP contribution in [0, 0.1) is 51.8 Å². The first kappa shape index (κ1) is 37.7. The van der Waals surface area contributed by atoms with Gasteiger partial charge in [0.25, 0.3) is 0 Å². The molecule has 0 aromatic carbocycles. The van der Waals surface area contributed by atoms with Gasteiger partial charge in [-0.2, -0.15) is 0 Å². The summed E-state index contributed by atoms with van der Waals surface area (Å²) in [5.41, 5.74) is 3.13. The molecule has 6 aliphatic carbocycles. The number of nitrogens with one attached hydrogen (secondary N) is 1. The molecule has 2 N–H and O–H groups in total. The zero-order chi connectivity index (χ0) is 37.1. The molecule has 0 bridgehead atoms. The fourth-order valence-electron chi connectivity index (χ4n) is 14.1. The molecule has 0 spiro atoms. The Morgan fingerprint density at radius 3 is 2.51 bits per heavy atom. The Bertz CT molecular complexity index is 1680. The van der Waals surface area contributed by atoms with Crippen molar-refractivity contribution in [2.24, 2.45) is 51.8 Å². The van der Waals surface area contributed by atoms with Gasteiger partial charge in [0.2, 0.25) is 5.88 Å². The molecule has 10 atom stereocenters. The number of carbonyl (C=O) groups is 1. The topological polar surface area (TPSA) is 109 Å². The first-order valence-electron chi connectivity index (χ1n) is 21.2. The highest BCUT2D eigenvalue weighted by Crippen LogP contribution is 2.70. The largest absolute Gasteiger partial charge is 0.481 e. The second kappa shape index (κ2) is 14.4. The van der Waals surface area contributed by atoms with E-state index in [0.717, 1.165) is 49.6 Å². The van der Waals surface area contributed by atoms with E-state index in [0.29, 0.717) is 79.0 Å². The van der Waals surface area contributed by atoms with E-state index in [2.05, 4.69) is 48.1 Å². The van der Waals surface area contributed by atoms with Gasteiger partial charge in [-0.25, -0.2) is 13.4 Å². The van der Waals surface area contributed by atoms with Gasteiger partial charge in [0.05, 0.1) is 23.5 Å². The number of ether oxygens (including phenoxy) is 1. The van der Waals surface area contributed by atoms with Crippen molar-refractivity contribution < 1.29 is 23.1 Å². The molecule has 4 saturated carbocycles. The highest BCUT2D eigenvalue weighted by molar-refractivity contribution is 7.91. The third-order valence-corrected chi connectivity index (χ3v) is 18.6. The number of allylic oxidation sites excluding steroid dienone is 4.